The monoisotopic (exact) mass is 272 g/mol. The lowest BCUT2D eigenvalue weighted by molar-refractivity contribution is 0.101. The van der Waals surface area contributed by atoms with E-state index >= 15 is 0 Å². The molecule has 3 aromatic rings. The average molecular weight is 272 g/mol. The quantitative estimate of drug-likeness (QED) is 0.754. The number of carbonyl (C=O) groups is 1. The van der Waals surface area contributed by atoms with E-state index in [-0.39, 0.29) is 5.82 Å². The SMILES string of the molecule is Cc1cc(C)n2nc(C(=O)Nc3cc(C)on3)nc2n1. The molecule has 102 valence electrons. The average Bonchev–Trinajstić information content (AvgIpc) is 2.95. The molecule has 0 atom stereocenters. The van der Waals surface area contributed by atoms with E-state index in [1.54, 1.807) is 13.0 Å². The number of hydrogen-bond acceptors (Lipinski definition) is 6. The van der Waals surface area contributed by atoms with Gasteiger partial charge in [0.25, 0.3) is 11.7 Å². The van der Waals surface area contributed by atoms with Gasteiger partial charge in [0.05, 0.1) is 0 Å². The lowest BCUT2D eigenvalue weighted by Crippen LogP contribution is -2.14. The maximum Gasteiger partial charge on any atom is 0.296 e. The molecule has 0 fully saturated rings. The largest absolute Gasteiger partial charge is 0.360 e. The molecule has 0 saturated carbocycles. The Morgan fingerprint density at radius 3 is 2.75 bits per heavy atom. The Morgan fingerprint density at radius 1 is 1.25 bits per heavy atom. The molecule has 1 amide bonds. The predicted octanol–water partition coefficient (Wildman–Crippen LogP) is 1.29. The minimum atomic E-state index is -0.458. The van der Waals surface area contributed by atoms with Crippen molar-refractivity contribution in [3.05, 3.63) is 35.1 Å². The zero-order valence-electron chi connectivity index (χ0n) is 11.2. The van der Waals surface area contributed by atoms with Gasteiger partial charge in [0, 0.05) is 17.5 Å². The fourth-order valence-corrected chi connectivity index (χ4v) is 1.86. The molecule has 0 aliphatic heterocycles. The van der Waals surface area contributed by atoms with Gasteiger partial charge in [0.1, 0.15) is 5.76 Å². The van der Waals surface area contributed by atoms with Crippen LogP contribution in [0.15, 0.2) is 16.7 Å². The number of anilines is 1. The van der Waals surface area contributed by atoms with Crippen LogP contribution in [0.1, 0.15) is 27.8 Å². The van der Waals surface area contributed by atoms with Gasteiger partial charge in [-0.05, 0) is 26.8 Å². The maximum absolute atomic E-state index is 12.0. The van der Waals surface area contributed by atoms with Crippen LogP contribution < -0.4 is 5.32 Å². The number of hydrogen-bond donors (Lipinski definition) is 1. The molecular formula is C12H12N6O2. The van der Waals surface area contributed by atoms with Gasteiger partial charge in [0.2, 0.25) is 5.82 Å². The summed E-state index contributed by atoms with van der Waals surface area (Å²) in [6.07, 6.45) is 0. The molecule has 1 N–H and O–H groups in total. The highest BCUT2D eigenvalue weighted by molar-refractivity contribution is 6.01. The second kappa shape index (κ2) is 4.41. The summed E-state index contributed by atoms with van der Waals surface area (Å²) in [6.45, 7) is 5.47. The Balaban J connectivity index is 1.94. The first-order valence-corrected chi connectivity index (χ1v) is 5.98. The molecule has 8 heteroatoms. The van der Waals surface area contributed by atoms with Crippen molar-refractivity contribution < 1.29 is 9.32 Å². The van der Waals surface area contributed by atoms with Crippen LogP contribution in [0, 0.1) is 20.8 Å². The lowest BCUT2D eigenvalue weighted by atomic mass is 10.4. The van der Waals surface area contributed by atoms with Gasteiger partial charge in [-0.2, -0.15) is 4.98 Å². The van der Waals surface area contributed by atoms with E-state index in [1.807, 2.05) is 19.9 Å². The molecule has 3 aromatic heterocycles. The molecule has 0 spiro atoms. The Hall–Kier alpha value is -2.77. The van der Waals surface area contributed by atoms with Gasteiger partial charge in [0.15, 0.2) is 5.82 Å². The second-order valence-corrected chi connectivity index (χ2v) is 4.46. The summed E-state index contributed by atoms with van der Waals surface area (Å²) in [7, 11) is 0. The van der Waals surface area contributed by atoms with Gasteiger partial charge in [-0.25, -0.2) is 9.50 Å². The fraction of sp³-hybridized carbons (Fsp3) is 0.250. The summed E-state index contributed by atoms with van der Waals surface area (Å²) in [5, 5.41) is 10.4. The third-order valence-electron chi connectivity index (χ3n) is 2.69. The number of nitrogens with one attached hydrogen (secondary N) is 1. The van der Waals surface area contributed by atoms with Crippen molar-refractivity contribution >= 4 is 17.5 Å². The molecule has 3 heterocycles. The van der Waals surface area contributed by atoms with Crippen LogP contribution in [-0.2, 0) is 0 Å². The topological polar surface area (TPSA) is 98.2 Å². The summed E-state index contributed by atoms with van der Waals surface area (Å²) in [6, 6.07) is 3.48. The zero-order valence-corrected chi connectivity index (χ0v) is 11.2. The molecule has 0 aromatic carbocycles. The van der Waals surface area contributed by atoms with Crippen LogP contribution in [-0.4, -0.2) is 30.6 Å². The van der Waals surface area contributed by atoms with Gasteiger partial charge in [-0.3, -0.25) is 4.79 Å². The third kappa shape index (κ3) is 2.11. The molecule has 0 saturated heterocycles. The normalized spacial score (nSPS) is 10.9. The van der Waals surface area contributed by atoms with Gasteiger partial charge < -0.3 is 9.84 Å². The van der Waals surface area contributed by atoms with E-state index in [0.29, 0.717) is 17.4 Å². The van der Waals surface area contributed by atoms with Gasteiger partial charge >= 0.3 is 0 Å². The highest BCUT2D eigenvalue weighted by Gasteiger charge is 2.16. The molecular weight excluding hydrogens is 260 g/mol. The smallest absolute Gasteiger partial charge is 0.296 e. The Labute approximate surface area is 113 Å². The van der Waals surface area contributed by atoms with Crippen molar-refractivity contribution in [2.24, 2.45) is 0 Å². The zero-order chi connectivity index (χ0) is 14.3. The Kier molecular flexibility index (Phi) is 2.70. The van der Waals surface area contributed by atoms with Crippen LogP contribution in [0.5, 0.6) is 0 Å². The summed E-state index contributed by atoms with van der Waals surface area (Å²) in [5.41, 5.74) is 1.68. The van der Waals surface area contributed by atoms with Crippen LogP contribution in [0.4, 0.5) is 5.82 Å². The number of rotatable bonds is 2. The molecule has 0 unspecified atom stereocenters. The minimum Gasteiger partial charge on any atom is -0.360 e. The standard InChI is InChI=1S/C12H12N6O2/c1-6-4-7(2)18-12(13-6)15-10(16-18)11(19)14-9-5-8(3)20-17-9/h4-5H,1-3H3,(H,14,17,19). The third-order valence-corrected chi connectivity index (χ3v) is 2.69. The van der Waals surface area contributed by atoms with E-state index in [1.165, 1.54) is 4.52 Å². The van der Waals surface area contributed by atoms with E-state index < -0.39 is 5.91 Å². The Morgan fingerprint density at radius 2 is 2.05 bits per heavy atom. The minimum absolute atomic E-state index is 0.0341. The number of fused-ring (bicyclic) bond motifs is 1. The van der Waals surface area contributed by atoms with Crippen molar-refractivity contribution in [1.82, 2.24) is 24.7 Å². The number of aromatic nitrogens is 5. The second-order valence-electron chi connectivity index (χ2n) is 4.46. The number of nitrogens with zero attached hydrogens (tertiary/aromatic N) is 5. The first-order chi connectivity index (χ1) is 9.52. The molecule has 0 aliphatic carbocycles. The summed E-state index contributed by atoms with van der Waals surface area (Å²) in [5.74, 6) is 0.903. The van der Waals surface area contributed by atoms with Crippen molar-refractivity contribution in [3.63, 3.8) is 0 Å². The van der Waals surface area contributed by atoms with Crippen LogP contribution in [0.2, 0.25) is 0 Å². The highest BCUT2D eigenvalue weighted by atomic mass is 16.5. The Bertz CT molecular complexity index is 803. The number of carbonyl (C=O) groups excluding carboxylic acids is 1. The van der Waals surface area contributed by atoms with Crippen molar-refractivity contribution in [3.8, 4) is 0 Å². The van der Waals surface area contributed by atoms with Gasteiger partial charge in [-0.15, -0.1) is 5.10 Å². The number of amides is 1. The molecule has 0 radical (unpaired) electrons. The summed E-state index contributed by atoms with van der Waals surface area (Å²) in [4.78, 5) is 20.4. The predicted molar refractivity (Wildman–Crippen MR) is 69.4 cm³/mol. The summed E-state index contributed by atoms with van der Waals surface area (Å²) >= 11 is 0. The molecule has 20 heavy (non-hydrogen) atoms. The van der Waals surface area contributed by atoms with Crippen LogP contribution >= 0.6 is 0 Å². The van der Waals surface area contributed by atoms with E-state index in [9.17, 15) is 4.79 Å². The lowest BCUT2D eigenvalue weighted by Gasteiger charge is -1.97. The molecule has 3 rings (SSSR count). The van der Waals surface area contributed by atoms with Crippen molar-refractivity contribution in [2.75, 3.05) is 5.32 Å². The fourth-order valence-electron chi connectivity index (χ4n) is 1.86. The van der Waals surface area contributed by atoms with Gasteiger partial charge in [-0.1, -0.05) is 5.16 Å². The van der Waals surface area contributed by atoms with Crippen molar-refractivity contribution in [2.45, 2.75) is 20.8 Å². The maximum atomic E-state index is 12.0. The molecule has 8 nitrogen and oxygen atoms in total. The van der Waals surface area contributed by atoms with E-state index in [2.05, 4.69) is 25.5 Å². The number of aryl methyl sites for hydroxylation is 3. The van der Waals surface area contributed by atoms with Crippen molar-refractivity contribution in [1.29, 1.82) is 0 Å². The summed E-state index contributed by atoms with van der Waals surface area (Å²) < 4.78 is 6.40. The first-order valence-electron chi connectivity index (χ1n) is 5.98. The van der Waals surface area contributed by atoms with Crippen LogP contribution in [0.3, 0.4) is 0 Å². The van der Waals surface area contributed by atoms with E-state index in [0.717, 1.165) is 11.4 Å². The van der Waals surface area contributed by atoms with E-state index in [4.69, 9.17) is 4.52 Å². The first kappa shape index (κ1) is 12.3. The molecule has 0 aliphatic rings. The highest BCUT2D eigenvalue weighted by Crippen LogP contribution is 2.09. The molecule has 0 bridgehead atoms. The van der Waals surface area contributed by atoms with Crippen LogP contribution in [0.25, 0.3) is 5.78 Å².